The van der Waals surface area contributed by atoms with Crippen molar-refractivity contribution >= 4 is 0 Å². The Kier molecular flexibility index (Phi) is 6.15. The summed E-state index contributed by atoms with van der Waals surface area (Å²) >= 11 is 0. The zero-order chi connectivity index (χ0) is 11.2. The first-order chi connectivity index (χ1) is 6.50. The van der Waals surface area contributed by atoms with Crippen LogP contribution in [0.4, 0.5) is 0 Å². The van der Waals surface area contributed by atoms with E-state index in [1.54, 1.807) is 5.57 Å². The van der Waals surface area contributed by atoms with Gasteiger partial charge in [0.1, 0.15) is 0 Å². The van der Waals surface area contributed by atoms with Crippen LogP contribution in [0.25, 0.3) is 0 Å². The Balaban J connectivity index is 4.43. The highest BCUT2D eigenvalue weighted by molar-refractivity contribution is 5.05. The van der Waals surface area contributed by atoms with Crippen LogP contribution in [0.1, 0.15) is 67.2 Å². The Hall–Kier alpha value is -0.260. The molecule has 0 N–H and O–H groups in total. The predicted octanol–water partition coefficient (Wildman–Crippen LogP) is 5.20. The lowest BCUT2D eigenvalue weighted by atomic mass is 9.76. The molecule has 0 saturated carbocycles. The molecule has 0 aliphatic heterocycles. The first kappa shape index (κ1) is 13.7. The molecule has 84 valence electrons. The van der Waals surface area contributed by atoms with Crippen LogP contribution in [-0.2, 0) is 0 Å². The SMILES string of the molecule is CC=C(CC)C(CC)CC(C)(C)CC. The van der Waals surface area contributed by atoms with Gasteiger partial charge in [0.2, 0.25) is 0 Å². The highest BCUT2D eigenvalue weighted by atomic mass is 14.3. The number of allylic oxidation sites excluding steroid dienone is 2. The molecular weight excluding hydrogens is 168 g/mol. The molecule has 0 spiro atoms. The van der Waals surface area contributed by atoms with E-state index in [0.717, 1.165) is 5.92 Å². The molecular formula is C14H28. The molecule has 1 atom stereocenters. The fraction of sp³-hybridized carbons (Fsp3) is 0.857. The first-order valence-electron chi connectivity index (χ1n) is 6.15. The third-order valence-corrected chi connectivity index (χ3v) is 3.55. The lowest BCUT2D eigenvalue weighted by Gasteiger charge is -2.29. The van der Waals surface area contributed by atoms with Crippen molar-refractivity contribution in [1.29, 1.82) is 0 Å². The van der Waals surface area contributed by atoms with Gasteiger partial charge in [-0.15, -0.1) is 0 Å². The maximum absolute atomic E-state index is 2.39. The quantitative estimate of drug-likeness (QED) is 0.512. The highest BCUT2D eigenvalue weighted by Gasteiger charge is 2.21. The molecule has 0 amide bonds. The number of rotatable bonds is 6. The minimum atomic E-state index is 0.504. The van der Waals surface area contributed by atoms with Crippen LogP contribution in [-0.4, -0.2) is 0 Å². The molecule has 0 rings (SSSR count). The van der Waals surface area contributed by atoms with Crippen molar-refractivity contribution in [2.75, 3.05) is 0 Å². The summed E-state index contributed by atoms with van der Waals surface area (Å²) < 4.78 is 0. The van der Waals surface area contributed by atoms with Crippen molar-refractivity contribution in [1.82, 2.24) is 0 Å². The summed E-state index contributed by atoms with van der Waals surface area (Å²) in [5.41, 5.74) is 2.15. The maximum atomic E-state index is 2.39. The Bertz CT molecular complexity index is 174. The fourth-order valence-corrected chi connectivity index (χ4v) is 2.08. The zero-order valence-electron chi connectivity index (χ0n) is 11.0. The molecule has 0 radical (unpaired) electrons. The van der Waals surface area contributed by atoms with E-state index < -0.39 is 0 Å². The van der Waals surface area contributed by atoms with Gasteiger partial charge in [-0.05, 0) is 37.5 Å². The van der Waals surface area contributed by atoms with Gasteiger partial charge in [-0.3, -0.25) is 0 Å². The van der Waals surface area contributed by atoms with E-state index in [0.29, 0.717) is 5.41 Å². The van der Waals surface area contributed by atoms with Gasteiger partial charge in [0.15, 0.2) is 0 Å². The van der Waals surface area contributed by atoms with E-state index in [2.05, 4.69) is 47.6 Å². The van der Waals surface area contributed by atoms with E-state index in [9.17, 15) is 0 Å². The summed E-state index contributed by atoms with van der Waals surface area (Å²) in [6, 6.07) is 0. The molecule has 0 saturated heterocycles. The minimum absolute atomic E-state index is 0.504. The van der Waals surface area contributed by atoms with Crippen LogP contribution < -0.4 is 0 Å². The molecule has 0 aliphatic carbocycles. The molecule has 0 fully saturated rings. The van der Waals surface area contributed by atoms with Gasteiger partial charge in [-0.2, -0.15) is 0 Å². The molecule has 0 aromatic heterocycles. The predicted molar refractivity (Wildman–Crippen MR) is 66.5 cm³/mol. The van der Waals surface area contributed by atoms with Crippen LogP contribution in [0, 0.1) is 11.3 Å². The van der Waals surface area contributed by atoms with Gasteiger partial charge >= 0.3 is 0 Å². The topological polar surface area (TPSA) is 0 Å². The smallest absolute Gasteiger partial charge is 0.0201 e. The maximum Gasteiger partial charge on any atom is -0.0201 e. The zero-order valence-corrected chi connectivity index (χ0v) is 11.0. The molecule has 14 heavy (non-hydrogen) atoms. The summed E-state index contributed by atoms with van der Waals surface area (Å²) in [7, 11) is 0. The number of hydrogen-bond acceptors (Lipinski definition) is 0. The third kappa shape index (κ3) is 4.30. The molecule has 0 aromatic rings. The van der Waals surface area contributed by atoms with Gasteiger partial charge in [0, 0.05) is 0 Å². The van der Waals surface area contributed by atoms with Crippen molar-refractivity contribution in [2.45, 2.75) is 67.2 Å². The molecule has 0 bridgehead atoms. The standard InChI is InChI=1S/C14H28/c1-7-12(8-2)13(9-3)11-14(5,6)10-4/h7,13H,8-11H2,1-6H3. The summed E-state index contributed by atoms with van der Waals surface area (Å²) in [6.07, 6.45) is 7.45. The van der Waals surface area contributed by atoms with E-state index >= 15 is 0 Å². The van der Waals surface area contributed by atoms with E-state index in [-0.39, 0.29) is 0 Å². The molecule has 0 aliphatic rings. The lowest BCUT2D eigenvalue weighted by molar-refractivity contribution is 0.269. The molecule has 0 nitrogen and oxygen atoms in total. The summed E-state index contributed by atoms with van der Waals surface area (Å²) in [4.78, 5) is 0. The number of hydrogen-bond donors (Lipinski definition) is 0. The third-order valence-electron chi connectivity index (χ3n) is 3.55. The minimum Gasteiger partial charge on any atom is -0.0882 e. The van der Waals surface area contributed by atoms with Crippen LogP contribution in [0.2, 0.25) is 0 Å². The Morgan fingerprint density at radius 3 is 2.07 bits per heavy atom. The van der Waals surface area contributed by atoms with Crippen molar-refractivity contribution in [3.8, 4) is 0 Å². The second-order valence-corrected chi connectivity index (χ2v) is 5.04. The summed E-state index contributed by atoms with van der Waals surface area (Å²) in [6.45, 7) is 13.8. The molecule has 1 unspecified atom stereocenters. The van der Waals surface area contributed by atoms with Crippen LogP contribution in [0.5, 0.6) is 0 Å². The van der Waals surface area contributed by atoms with Crippen molar-refractivity contribution in [2.24, 2.45) is 11.3 Å². The normalized spacial score (nSPS) is 15.7. The second-order valence-electron chi connectivity index (χ2n) is 5.04. The van der Waals surface area contributed by atoms with Crippen molar-refractivity contribution in [3.63, 3.8) is 0 Å². The van der Waals surface area contributed by atoms with Gasteiger partial charge < -0.3 is 0 Å². The van der Waals surface area contributed by atoms with Gasteiger partial charge in [0.05, 0.1) is 0 Å². The lowest BCUT2D eigenvalue weighted by Crippen LogP contribution is -2.17. The van der Waals surface area contributed by atoms with E-state index in [1.807, 2.05) is 0 Å². The molecule has 0 heteroatoms. The van der Waals surface area contributed by atoms with Crippen molar-refractivity contribution in [3.05, 3.63) is 11.6 Å². The Morgan fingerprint density at radius 1 is 1.21 bits per heavy atom. The summed E-state index contributed by atoms with van der Waals surface area (Å²) in [5, 5.41) is 0. The summed E-state index contributed by atoms with van der Waals surface area (Å²) in [5.74, 6) is 0.806. The fourth-order valence-electron chi connectivity index (χ4n) is 2.08. The molecule has 0 aromatic carbocycles. The average molecular weight is 196 g/mol. The average Bonchev–Trinajstić information content (AvgIpc) is 2.18. The van der Waals surface area contributed by atoms with Crippen LogP contribution >= 0.6 is 0 Å². The Labute approximate surface area is 90.8 Å². The Morgan fingerprint density at radius 2 is 1.79 bits per heavy atom. The first-order valence-corrected chi connectivity index (χ1v) is 6.15. The second kappa shape index (κ2) is 6.27. The van der Waals surface area contributed by atoms with E-state index in [4.69, 9.17) is 0 Å². The highest BCUT2D eigenvalue weighted by Crippen LogP contribution is 2.34. The molecule has 0 heterocycles. The van der Waals surface area contributed by atoms with Gasteiger partial charge in [-0.1, -0.05) is 52.7 Å². The van der Waals surface area contributed by atoms with Crippen molar-refractivity contribution < 1.29 is 0 Å². The van der Waals surface area contributed by atoms with Gasteiger partial charge in [0.25, 0.3) is 0 Å². The van der Waals surface area contributed by atoms with Crippen LogP contribution in [0.15, 0.2) is 11.6 Å². The monoisotopic (exact) mass is 196 g/mol. The van der Waals surface area contributed by atoms with E-state index in [1.165, 1.54) is 25.7 Å². The van der Waals surface area contributed by atoms with Crippen LogP contribution in [0.3, 0.4) is 0 Å². The van der Waals surface area contributed by atoms with Gasteiger partial charge in [-0.25, -0.2) is 0 Å². The largest absolute Gasteiger partial charge is 0.0882 e.